The number of nitrogens with one attached hydrogen (secondary N) is 1. The fourth-order valence-corrected chi connectivity index (χ4v) is 1.24. The number of amides is 2. The van der Waals surface area contributed by atoms with Crippen LogP contribution in [0.4, 0.5) is 5.13 Å². The third-order valence-electron chi connectivity index (χ3n) is 1.24. The van der Waals surface area contributed by atoms with E-state index in [4.69, 9.17) is 5.73 Å². The Balaban J connectivity index is 2.97. The molecule has 0 bridgehead atoms. The molecule has 0 radical (unpaired) electrons. The van der Waals surface area contributed by atoms with Gasteiger partial charge >= 0.3 is 0 Å². The lowest BCUT2D eigenvalue weighted by atomic mass is 10.3. The number of primary amides is 1. The zero-order chi connectivity index (χ0) is 11.3. The number of hydrogen-bond donors (Lipinski definition) is 2. The zero-order valence-corrected chi connectivity index (χ0v) is 8.45. The van der Waals surface area contributed by atoms with Gasteiger partial charge in [0.15, 0.2) is 0 Å². The standard InChI is InChI=1S/C6H7N5O3S/c1-14-10-3(4(7)13)5-9-6(8-2-12)15-11-5/h2H,1H3,(H2,7,13)(H,8,9,11,12)/b10-3+. The highest BCUT2D eigenvalue weighted by Crippen LogP contribution is 2.10. The van der Waals surface area contributed by atoms with Gasteiger partial charge in [0.1, 0.15) is 7.11 Å². The van der Waals surface area contributed by atoms with E-state index < -0.39 is 5.91 Å². The maximum Gasteiger partial charge on any atom is 0.274 e. The largest absolute Gasteiger partial charge is 0.398 e. The first-order chi connectivity index (χ1) is 7.19. The summed E-state index contributed by atoms with van der Waals surface area (Å²) in [4.78, 5) is 29.2. The van der Waals surface area contributed by atoms with Crippen molar-refractivity contribution in [1.29, 1.82) is 0 Å². The van der Waals surface area contributed by atoms with Gasteiger partial charge in [0.25, 0.3) is 5.91 Å². The van der Waals surface area contributed by atoms with Crippen LogP contribution in [-0.2, 0) is 14.4 Å². The van der Waals surface area contributed by atoms with Crippen LogP contribution in [0.25, 0.3) is 0 Å². The minimum Gasteiger partial charge on any atom is -0.398 e. The van der Waals surface area contributed by atoms with Crippen molar-refractivity contribution in [3.05, 3.63) is 5.82 Å². The van der Waals surface area contributed by atoms with Gasteiger partial charge in [0.05, 0.1) is 0 Å². The van der Waals surface area contributed by atoms with E-state index in [0.717, 1.165) is 11.5 Å². The summed E-state index contributed by atoms with van der Waals surface area (Å²) in [5.74, 6) is -0.800. The zero-order valence-electron chi connectivity index (χ0n) is 7.63. The molecule has 0 spiro atoms. The molecule has 1 rings (SSSR count). The van der Waals surface area contributed by atoms with E-state index in [1.54, 1.807) is 0 Å². The fourth-order valence-electron chi connectivity index (χ4n) is 0.716. The lowest BCUT2D eigenvalue weighted by molar-refractivity contribution is -0.112. The van der Waals surface area contributed by atoms with Crippen molar-refractivity contribution in [2.75, 3.05) is 12.4 Å². The monoisotopic (exact) mass is 229 g/mol. The van der Waals surface area contributed by atoms with Crippen molar-refractivity contribution in [3.63, 3.8) is 0 Å². The first-order valence-corrected chi connectivity index (χ1v) is 4.41. The molecular weight excluding hydrogens is 222 g/mol. The second-order valence-electron chi connectivity index (χ2n) is 2.17. The first-order valence-electron chi connectivity index (χ1n) is 3.64. The molecule has 15 heavy (non-hydrogen) atoms. The number of anilines is 1. The summed E-state index contributed by atoms with van der Waals surface area (Å²) >= 11 is 0.898. The molecule has 1 heterocycles. The second kappa shape index (κ2) is 5.00. The quantitative estimate of drug-likeness (QED) is 0.379. The van der Waals surface area contributed by atoms with Crippen molar-refractivity contribution in [3.8, 4) is 0 Å². The average molecular weight is 229 g/mol. The average Bonchev–Trinajstić information content (AvgIpc) is 2.62. The van der Waals surface area contributed by atoms with Crippen LogP contribution < -0.4 is 11.1 Å². The molecule has 0 unspecified atom stereocenters. The molecule has 8 nitrogen and oxygen atoms in total. The van der Waals surface area contributed by atoms with Gasteiger partial charge in [0.2, 0.25) is 23.1 Å². The van der Waals surface area contributed by atoms with Crippen LogP contribution in [0.5, 0.6) is 0 Å². The lowest BCUT2D eigenvalue weighted by Gasteiger charge is -1.94. The van der Waals surface area contributed by atoms with E-state index >= 15 is 0 Å². The highest BCUT2D eigenvalue weighted by Gasteiger charge is 2.17. The smallest absolute Gasteiger partial charge is 0.274 e. The van der Waals surface area contributed by atoms with Crippen LogP contribution in [0.2, 0.25) is 0 Å². The molecule has 9 heteroatoms. The van der Waals surface area contributed by atoms with Gasteiger partial charge in [-0.05, 0) is 0 Å². The van der Waals surface area contributed by atoms with E-state index in [1.807, 2.05) is 0 Å². The third-order valence-corrected chi connectivity index (χ3v) is 1.88. The molecule has 0 saturated carbocycles. The Bertz CT molecular complexity index is 401. The molecule has 0 aliphatic carbocycles. The fraction of sp³-hybridized carbons (Fsp3) is 0.167. The number of carbonyl (C=O) groups excluding carboxylic acids is 2. The number of rotatable bonds is 5. The number of nitrogens with zero attached hydrogens (tertiary/aromatic N) is 3. The summed E-state index contributed by atoms with van der Waals surface area (Å²) in [6.07, 6.45) is 0.446. The SMILES string of the molecule is CO/N=C(\C(N)=O)c1nsc(NC=O)n1. The Morgan fingerprint density at radius 3 is 3.00 bits per heavy atom. The summed E-state index contributed by atoms with van der Waals surface area (Å²) in [5, 5.41) is 5.90. The van der Waals surface area contributed by atoms with Gasteiger partial charge in [-0.3, -0.25) is 9.59 Å². The number of hydrogen-bond acceptors (Lipinski definition) is 7. The summed E-state index contributed by atoms with van der Waals surface area (Å²) in [6.45, 7) is 0. The maximum absolute atomic E-state index is 10.9. The normalized spacial score (nSPS) is 10.9. The molecule has 80 valence electrons. The van der Waals surface area contributed by atoms with E-state index in [2.05, 4.69) is 24.7 Å². The molecule has 1 aromatic heterocycles. The predicted molar refractivity (Wildman–Crippen MR) is 52.3 cm³/mol. The Morgan fingerprint density at radius 1 is 1.73 bits per heavy atom. The molecule has 1 aromatic rings. The van der Waals surface area contributed by atoms with Crippen LogP contribution in [0.3, 0.4) is 0 Å². The number of oxime groups is 1. The highest BCUT2D eigenvalue weighted by molar-refractivity contribution is 7.10. The Morgan fingerprint density at radius 2 is 2.47 bits per heavy atom. The second-order valence-corrected chi connectivity index (χ2v) is 2.92. The molecule has 0 fully saturated rings. The van der Waals surface area contributed by atoms with Crippen molar-refractivity contribution in [2.24, 2.45) is 10.9 Å². The molecular formula is C6H7N5O3S. The summed E-state index contributed by atoms with van der Waals surface area (Å²) in [5.41, 5.74) is 4.82. The Hall–Kier alpha value is -2.03. The lowest BCUT2D eigenvalue weighted by Crippen LogP contribution is -2.25. The third kappa shape index (κ3) is 2.71. The molecule has 2 amide bonds. The molecule has 0 aromatic carbocycles. The minimum atomic E-state index is -0.813. The summed E-state index contributed by atoms with van der Waals surface area (Å²) in [6, 6.07) is 0. The van der Waals surface area contributed by atoms with Crippen molar-refractivity contribution in [2.45, 2.75) is 0 Å². The van der Waals surface area contributed by atoms with Gasteiger partial charge < -0.3 is 15.9 Å². The van der Waals surface area contributed by atoms with Gasteiger partial charge in [-0.25, -0.2) is 0 Å². The van der Waals surface area contributed by atoms with Gasteiger partial charge in [-0.15, -0.1) is 0 Å². The highest BCUT2D eigenvalue weighted by atomic mass is 32.1. The number of nitrogens with two attached hydrogens (primary N) is 1. The van der Waals surface area contributed by atoms with Crippen LogP contribution >= 0.6 is 11.5 Å². The number of carbonyl (C=O) groups is 2. The van der Waals surface area contributed by atoms with E-state index in [9.17, 15) is 9.59 Å². The summed E-state index contributed by atoms with van der Waals surface area (Å²) in [7, 11) is 1.26. The van der Waals surface area contributed by atoms with Crippen LogP contribution in [0.15, 0.2) is 5.16 Å². The van der Waals surface area contributed by atoms with Gasteiger partial charge in [0, 0.05) is 11.5 Å². The van der Waals surface area contributed by atoms with Gasteiger partial charge in [-0.2, -0.15) is 9.36 Å². The van der Waals surface area contributed by atoms with E-state index in [-0.39, 0.29) is 16.7 Å². The molecule has 3 N–H and O–H groups in total. The molecule has 0 aliphatic heterocycles. The van der Waals surface area contributed by atoms with Crippen molar-refractivity contribution < 1.29 is 14.4 Å². The molecule has 0 aliphatic rings. The van der Waals surface area contributed by atoms with Crippen LogP contribution in [0, 0.1) is 0 Å². The predicted octanol–water partition coefficient (Wildman–Crippen LogP) is -1.06. The van der Waals surface area contributed by atoms with E-state index in [0.29, 0.717) is 6.41 Å². The van der Waals surface area contributed by atoms with Crippen LogP contribution in [0.1, 0.15) is 5.82 Å². The van der Waals surface area contributed by atoms with Crippen LogP contribution in [-0.4, -0.2) is 34.5 Å². The van der Waals surface area contributed by atoms with Gasteiger partial charge in [-0.1, -0.05) is 5.16 Å². The first kappa shape index (κ1) is 11.0. The summed E-state index contributed by atoms with van der Waals surface area (Å²) < 4.78 is 3.77. The maximum atomic E-state index is 10.9. The van der Waals surface area contributed by atoms with E-state index in [1.165, 1.54) is 7.11 Å². The Kier molecular flexibility index (Phi) is 3.68. The Labute approximate surface area is 88.3 Å². The van der Waals surface area contributed by atoms with Crippen molar-refractivity contribution in [1.82, 2.24) is 9.36 Å². The van der Waals surface area contributed by atoms with Crippen molar-refractivity contribution >= 4 is 34.7 Å². The molecule has 0 atom stereocenters. The molecule has 0 saturated heterocycles. The topological polar surface area (TPSA) is 120 Å². The number of aromatic nitrogens is 2. The minimum absolute atomic E-state index is 0.0127.